The molecule has 1 fully saturated rings. The third kappa shape index (κ3) is 4.04. The number of rotatable bonds is 3. The number of pyridine rings is 2. The highest BCUT2D eigenvalue weighted by Gasteiger charge is 2.29. The van der Waals surface area contributed by atoms with Crippen molar-refractivity contribution in [1.82, 2.24) is 19.5 Å². The molecule has 5 heterocycles. The van der Waals surface area contributed by atoms with Crippen molar-refractivity contribution in [1.29, 1.82) is 0 Å². The Balaban J connectivity index is 1.52. The monoisotopic (exact) mass is 505 g/mol. The maximum absolute atomic E-state index is 15.1. The first-order chi connectivity index (χ1) is 17.4. The largest absolute Gasteiger partial charge is 0.367 e. The van der Waals surface area contributed by atoms with Crippen LogP contribution in [0, 0.1) is 12.7 Å². The summed E-state index contributed by atoms with van der Waals surface area (Å²) in [6, 6.07) is 10.2. The lowest BCUT2D eigenvalue weighted by Crippen LogP contribution is -2.43. The van der Waals surface area contributed by atoms with Crippen molar-refractivity contribution in [2.45, 2.75) is 45.4 Å². The van der Waals surface area contributed by atoms with Gasteiger partial charge in [0.15, 0.2) is 0 Å². The van der Waals surface area contributed by atoms with Gasteiger partial charge in [-0.3, -0.25) is 14.3 Å². The molecule has 0 aliphatic carbocycles. The van der Waals surface area contributed by atoms with Gasteiger partial charge in [0.2, 0.25) is 0 Å². The van der Waals surface area contributed by atoms with Crippen LogP contribution in [-0.2, 0) is 17.7 Å². The van der Waals surface area contributed by atoms with Crippen molar-refractivity contribution < 1.29 is 9.13 Å². The van der Waals surface area contributed by atoms with Gasteiger partial charge in [-0.2, -0.15) is 0 Å². The number of benzene rings is 1. The molecule has 1 aromatic carbocycles. The molecule has 1 saturated heterocycles. The highest BCUT2D eigenvalue weighted by atomic mass is 35.5. The fourth-order valence-corrected chi connectivity index (χ4v) is 5.35. The SMILES string of the molecule is Cc1cc([C@@H]2CN(c3cc4c(=O)n5c(nc4c(-c4ccc(Cl)cc4F)n3)CCC5)C[C@H](C)O2)ccn1. The van der Waals surface area contributed by atoms with E-state index in [0.717, 1.165) is 17.7 Å². The Kier molecular flexibility index (Phi) is 5.73. The minimum atomic E-state index is -0.503. The normalized spacial score (nSPS) is 19.6. The molecule has 0 bridgehead atoms. The molecule has 36 heavy (non-hydrogen) atoms. The molecule has 7 nitrogen and oxygen atoms in total. The number of nitrogens with zero attached hydrogens (tertiary/aromatic N) is 5. The minimum Gasteiger partial charge on any atom is -0.367 e. The third-order valence-electron chi connectivity index (χ3n) is 6.85. The smallest absolute Gasteiger partial charge is 0.261 e. The van der Waals surface area contributed by atoms with Gasteiger partial charge in [-0.1, -0.05) is 11.6 Å². The molecule has 0 N–H and O–H groups in total. The topological polar surface area (TPSA) is 73.1 Å². The summed E-state index contributed by atoms with van der Waals surface area (Å²) in [5.74, 6) is 0.803. The fourth-order valence-electron chi connectivity index (χ4n) is 5.19. The number of hydrogen-bond donors (Lipinski definition) is 0. The van der Waals surface area contributed by atoms with E-state index in [9.17, 15) is 4.79 Å². The maximum atomic E-state index is 15.1. The van der Waals surface area contributed by atoms with Gasteiger partial charge >= 0.3 is 0 Å². The van der Waals surface area contributed by atoms with Gasteiger partial charge in [0, 0.05) is 48.5 Å². The van der Waals surface area contributed by atoms with Gasteiger partial charge in [-0.05, 0) is 62.2 Å². The summed E-state index contributed by atoms with van der Waals surface area (Å²) in [4.78, 5) is 29.6. The molecule has 184 valence electrons. The first kappa shape index (κ1) is 23.1. The van der Waals surface area contributed by atoms with Crippen LogP contribution in [0.5, 0.6) is 0 Å². The number of fused-ring (bicyclic) bond motifs is 2. The van der Waals surface area contributed by atoms with Crippen molar-refractivity contribution in [3.63, 3.8) is 0 Å². The van der Waals surface area contributed by atoms with E-state index in [2.05, 4.69) is 9.88 Å². The van der Waals surface area contributed by atoms with Crippen LogP contribution in [0.4, 0.5) is 10.2 Å². The fraction of sp³-hybridized carbons (Fsp3) is 0.333. The quantitative estimate of drug-likeness (QED) is 0.395. The third-order valence-corrected chi connectivity index (χ3v) is 7.09. The average molecular weight is 506 g/mol. The van der Waals surface area contributed by atoms with E-state index in [1.807, 2.05) is 26.0 Å². The molecule has 3 aromatic heterocycles. The number of morpholine rings is 1. The Morgan fingerprint density at radius 2 is 2.00 bits per heavy atom. The molecule has 4 aromatic rings. The zero-order valence-electron chi connectivity index (χ0n) is 20.0. The Bertz CT molecular complexity index is 1560. The zero-order valence-corrected chi connectivity index (χ0v) is 20.8. The Morgan fingerprint density at radius 3 is 2.81 bits per heavy atom. The van der Waals surface area contributed by atoms with Crippen molar-refractivity contribution in [3.05, 3.63) is 80.9 Å². The lowest BCUT2D eigenvalue weighted by molar-refractivity contribution is -0.0176. The van der Waals surface area contributed by atoms with Gasteiger partial charge in [-0.25, -0.2) is 14.4 Å². The Hall–Kier alpha value is -3.36. The van der Waals surface area contributed by atoms with E-state index in [0.29, 0.717) is 59.3 Å². The van der Waals surface area contributed by atoms with E-state index in [4.69, 9.17) is 26.3 Å². The highest BCUT2D eigenvalue weighted by molar-refractivity contribution is 6.30. The summed E-state index contributed by atoms with van der Waals surface area (Å²) >= 11 is 6.02. The standard InChI is InChI=1S/C27H25ClFN5O2/c1-15-10-17(7-8-30-15)22-14-33(13-16(2)36-22)24-12-20-26(31-23-4-3-9-34(23)27(20)35)25(32-24)19-6-5-18(28)11-21(19)29/h5-8,10-12,16,22H,3-4,9,13-14H2,1-2H3/t16-,22-/m0/s1. The van der Waals surface area contributed by atoms with Crippen molar-refractivity contribution in [2.75, 3.05) is 18.0 Å². The van der Waals surface area contributed by atoms with Crippen LogP contribution in [0.25, 0.3) is 22.2 Å². The highest BCUT2D eigenvalue weighted by Crippen LogP contribution is 2.34. The van der Waals surface area contributed by atoms with Gasteiger partial charge in [0.25, 0.3) is 5.56 Å². The first-order valence-electron chi connectivity index (χ1n) is 12.1. The summed E-state index contributed by atoms with van der Waals surface area (Å²) in [5, 5.41) is 0.730. The van der Waals surface area contributed by atoms with Crippen molar-refractivity contribution in [3.8, 4) is 11.3 Å². The summed E-state index contributed by atoms with van der Waals surface area (Å²) in [6.45, 7) is 5.72. The van der Waals surface area contributed by atoms with Crippen LogP contribution in [0.15, 0.2) is 47.4 Å². The second-order valence-electron chi connectivity index (χ2n) is 9.51. The summed E-state index contributed by atoms with van der Waals surface area (Å²) in [6.07, 6.45) is 3.08. The van der Waals surface area contributed by atoms with Gasteiger partial charge < -0.3 is 9.64 Å². The molecule has 0 spiro atoms. The lowest BCUT2D eigenvalue weighted by Gasteiger charge is -2.38. The number of halogens is 2. The van der Waals surface area contributed by atoms with Crippen LogP contribution in [0.3, 0.4) is 0 Å². The number of hydrogen-bond acceptors (Lipinski definition) is 6. The van der Waals surface area contributed by atoms with Crippen molar-refractivity contribution >= 4 is 28.3 Å². The van der Waals surface area contributed by atoms with Crippen molar-refractivity contribution in [2.24, 2.45) is 0 Å². The lowest BCUT2D eigenvalue weighted by atomic mass is 10.1. The Morgan fingerprint density at radius 1 is 1.14 bits per heavy atom. The maximum Gasteiger partial charge on any atom is 0.261 e. The predicted molar refractivity (Wildman–Crippen MR) is 137 cm³/mol. The van der Waals surface area contributed by atoms with E-state index in [1.165, 1.54) is 6.07 Å². The average Bonchev–Trinajstić information content (AvgIpc) is 3.33. The Labute approximate surface area is 212 Å². The van der Waals surface area contributed by atoms with Gasteiger partial charge in [0.1, 0.15) is 34.8 Å². The molecule has 2 aliphatic heterocycles. The van der Waals surface area contributed by atoms with Crippen LogP contribution >= 0.6 is 11.6 Å². The molecule has 2 atom stereocenters. The molecule has 0 amide bonds. The van der Waals surface area contributed by atoms with Crippen LogP contribution < -0.4 is 10.5 Å². The van der Waals surface area contributed by atoms with Gasteiger partial charge in [-0.15, -0.1) is 0 Å². The second kappa shape index (κ2) is 8.94. The molecule has 2 aliphatic rings. The molecule has 9 heteroatoms. The first-order valence-corrected chi connectivity index (χ1v) is 12.5. The van der Waals surface area contributed by atoms with E-state index in [1.54, 1.807) is 29.0 Å². The molecular weight excluding hydrogens is 481 g/mol. The number of ether oxygens (including phenoxy) is 1. The van der Waals surface area contributed by atoms with Crippen LogP contribution in [0.1, 0.15) is 36.5 Å². The molecule has 0 saturated carbocycles. The zero-order chi connectivity index (χ0) is 25.0. The molecular formula is C27H25ClFN5O2. The minimum absolute atomic E-state index is 0.0790. The van der Waals surface area contributed by atoms with Crippen LogP contribution in [0.2, 0.25) is 5.02 Å². The van der Waals surface area contributed by atoms with E-state index in [-0.39, 0.29) is 23.3 Å². The summed E-state index contributed by atoms with van der Waals surface area (Å²) in [7, 11) is 0. The number of aromatic nitrogens is 4. The summed E-state index contributed by atoms with van der Waals surface area (Å²) in [5.41, 5.74) is 2.86. The predicted octanol–water partition coefficient (Wildman–Crippen LogP) is 4.87. The molecule has 0 unspecified atom stereocenters. The van der Waals surface area contributed by atoms with Gasteiger partial charge in [0.05, 0.1) is 11.5 Å². The molecule has 6 rings (SSSR count). The van der Waals surface area contributed by atoms with Crippen LogP contribution in [-0.4, -0.2) is 38.7 Å². The number of anilines is 1. The summed E-state index contributed by atoms with van der Waals surface area (Å²) < 4.78 is 23.1. The number of aryl methyl sites for hydroxylation is 2. The second-order valence-corrected chi connectivity index (χ2v) is 9.95. The van der Waals surface area contributed by atoms with E-state index < -0.39 is 5.82 Å². The molecule has 0 radical (unpaired) electrons. The van der Waals surface area contributed by atoms with E-state index >= 15 is 4.39 Å².